The molecule has 8 heteroatoms. The van der Waals surface area contributed by atoms with Crippen molar-refractivity contribution in [3.63, 3.8) is 0 Å². The third-order valence-corrected chi connectivity index (χ3v) is 5.42. The molecule has 2 aromatic carbocycles. The second-order valence-electron chi connectivity index (χ2n) is 7.01. The molecule has 162 valence electrons. The third-order valence-electron chi connectivity index (χ3n) is 5.03. The number of hydrogen-bond acceptors (Lipinski definition) is 5. The number of ether oxygens (including phenoxy) is 2. The van der Waals surface area contributed by atoms with E-state index in [1.807, 2.05) is 37.3 Å². The van der Waals surface area contributed by atoms with Gasteiger partial charge in [-0.3, -0.25) is 4.79 Å². The Morgan fingerprint density at radius 2 is 1.77 bits per heavy atom. The second kappa shape index (κ2) is 10.2. The van der Waals surface area contributed by atoms with Gasteiger partial charge in [-0.2, -0.15) is 0 Å². The SMILES string of the molecule is COCCOC(=O)C1=C(C)N(C)C(=S)N[C@@H]1c1ccc(NC(=O)c2ccccc2)cc1. The quantitative estimate of drug-likeness (QED) is 0.389. The first-order chi connectivity index (χ1) is 14.9. The van der Waals surface area contributed by atoms with Crippen molar-refractivity contribution in [2.24, 2.45) is 0 Å². The van der Waals surface area contributed by atoms with Crippen molar-refractivity contribution in [1.82, 2.24) is 10.2 Å². The van der Waals surface area contributed by atoms with Crippen LogP contribution >= 0.6 is 12.2 Å². The highest BCUT2D eigenvalue weighted by atomic mass is 32.1. The summed E-state index contributed by atoms with van der Waals surface area (Å²) >= 11 is 5.42. The van der Waals surface area contributed by atoms with Gasteiger partial charge in [-0.15, -0.1) is 0 Å². The van der Waals surface area contributed by atoms with Gasteiger partial charge < -0.3 is 25.0 Å². The van der Waals surface area contributed by atoms with Crippen molar-refractivity contribution in [3.05, 3.63) is 77.0 Å². The van der Waals surface area contributed by atoms with Crippen molar-refractivity contribution in [2.75, 3.05) is 32.7 Å². The van der Waals surface area contributed by atoms with Crippen molar-refractivity contribution in [3.8, 4) is 0 Å². The van der Waals surface area contributed by atoms with Crippen LogP contribution in [0.2, 0.25) is 0 Å². The van der Waals surface area contributed by atoms with Crippen LogP contribution in [0.15, 0.2) is 65.9 Å². The van der Waals surface area contributed by atoms with E-state index in [2.05, 4.69) is 10.6 Å². The van der Waals surface area contributed by atoms with E-state index < -0.39 is 12.0 Å². The van der Waals surface area contributed by atoms with E-state index >= 15 is 0 Å². The number of nitrogens with one attached hydrogen (secondary N) is 2. The van der Waals surface area contributed by atoms with Gasteiger partial charge in [-0.05, 0) is 49.0 Å². The normalized spacial score (nSPS) is 16.0. The highest BCUT2D eigenvalue weighted by Crippen LogP contribution is 2.31. The summed E-state index contributed by atoms with van der Waals surface area (Å²) in [6.45, 7) is 2.32. The Balaban J connectivity index is 1.81. The Kier molecular flexibility index (Phi) is 7.38. The van der Waals surface area contributed by atoms with Crippen molar-refractivity contribution in [2.45, 2.75) is 13.0 Å². The fourth-order valence-corrected chi connectivity index (χ4v) is 3.45. The van der Waals surface area contributed by atoms with E-state index in [-0.39, 0.29) is 12.5 Å². The zero-order valence-electron chi connectivity index (χ0n) is 17.7. The highest BCUT2D eigenvalue weighted by molar-refractivity contribution is 7.80. The standard InChI is InChI=1S/C23H25N3O4S/c1-15-19(22(28)30-14-13-29-3)20(25-23(31)26(15)2)16-9-11-18(12-10-16)24-21(27)17-7-5-4-6-8-17/h4-12,20H,13-14H2,1-3H3,(H,24,27)(H,25,31)/t20-/m1/s1. The molecule has 0 bridgehead atoms. The number of carbonyl (C=O) groups excluding carboxylic acids is 2. The first-order valence-electron chi connectivity index (χ1n) is 9.79. The van der Waals surface area contributed by atoms with Crippen LogP contribution in [-0.2, 0) is 14.3 Å². The summed E-state index contributed by atoms with van der Waals surface area (Å²) in [5.74, 6) is -0.618. The van der Waals surface area contributed by atoms with Gasteiger partial charge in [0.15, 0.2) is 5.11 Å². The first-order valence-corrected chi connectivity index (χ1v) is 10.2. The van der Waals surface area contributed by atoms with Gasteiger partial charge in [0.05, 0.1) is 18.2 Å². The Morgan fingerprint density at radius 1 is 1.10 bits per heavy atom. The molecule has 0 unspecified atom stereocenters. The van der Waals surface area contributed by atoms with E-state index in [1.165, 1.54) is 0 Å². The minimum absolute atomic E-state index is 0.164. The molecular formula is C23H25N3O4S. The van der Waals surface area contributed by atoms with Crippen LogP contribution in [0.4, 0.5) is 5.69 Å². The number of thiocarbonyl (C=S) groups is 1. The van der Waals surface area contributed by atoms with Crippen LogP contribution in [0.1, 0.15) is 28.9 Å². The molecule has 31 heavy (non-hydrogen) atoms. The van der Waals surface area contributed by atoms with Gasteiger partial charge in [0.2, 0.25) is 0 Å². The smallest absolute Gasteiger partial charge is 0.338 e. The predicted molar refractivity (Wildman–Crippen MR) is 123 cm³/mol. The van der Waals surface area contributed by atoms with E-state index in [1.54, 1.807) is 43.3 Å². The largest absolute Gasteiger partial charge is 0.460 e. The maximum atomic E-state index is 12.8. The molecule has 1 aliphatic heterocycles. The maximum absolute atomic E-state index is 12.8. The molecule has 2 aromatic rings. The Morgan fingerprint density at radius 3 is 2.42 bits per heavy atom. The predicted octanol–water partition coefficient (Wildman–Crippen LogP) is 3.26. The molecule has 0 saturated heterocycles. The molecule has 2 N–H and O–H groups in total. The molecule has 1 aliphatic rings. The summed E-state index contributed by atoms with van der Waals surface area (Å²) in [6, 6.07) is 15.8. The zero-order valence-corrected chi connectivity index (χ0v) is 18.5. The minimum Gasteiger partial charge on any atom is -0.460 e. The fraction of sp³-hybridized carbons (Fsp3) is 0.261. The summed E-state index contributed by atoms with van der Waals surface area (Å²) in [5, 5.41) is 6.58. The van der Waals surface area contributed by atoms with Crippen molar-refractivity contribution >= 4 is 34.9 Å². The molecule has 3 rings (SSSR count). The van der Waals surface area contributed by atoms with Crippen LogP contribution in [0.3, 0.4) is 0 Å². The number of amides is 1. The minimum atomic E-state index is -0.461. The van der Waals surface area contributed by atoms with E-state index in [0.29, 0.717) is 28.5 Å². The number of allylic oxidation sites excluding steroid dienone is 1. The fourth-order valence-electron chi connectivity index (χ4n) is 3.20. The third kappa shape index (κ3) is 5.28. The summed E-state index contributed by atoms with van der Waals surface area (Å²) in [7, 11) is 3.35. The maximum Gasteiger partial charge on any atom is 0.338 e. The number of benzene rings is 2. The molecule has 0 fully saturated rings. The molecule has 0 radical (unpaired) electrons. The summed E-state index contributed by atoms with van der Waals surface area (Å²) in [6.07, 6.45) is 0. The number of nitrogens with zero attached hydrogens (tertiary/aromatic N) is 1. The van der Waals surface area contributed by atoms with Gasteiger partial charge >= 0.3 is 5.97 Å². The van der Waals surface area contributed by atoms with E-state index in [9.17, 15) is 9.59 Å². The topological polar surface area (TPSA) is 79.9 Å². The van der Waals surface area contributed by atoms with Crippen LogP contribution < -0.4 is 10.6 Å². The number of anilines is 1. The zero-order chi connectivity index (χ0) is 22.4. The Bertz CT molecular complexity index is 990. The van der Waals surface area contributed by atoms with Crippen LogP contribution in [0.25, 0.3) is 0 Å². The second-order valence-corrected chi connectivity index (χ2v) is 7.40. The molecule has 0 aliphatic carbocycles. The first kappa shape index (κ1) is 22.5. The highest BCUT2D eigenvalue weighted by Gasteiger charge is 2.33. The lowest BCUT2D eigenvalue weighted by molar-refractivity contribution is -0.140. The van der Waals surface area contributed by atoms with Crippen LogP contribution in [-0.4, -0.2) is 49.3 Å². The van der Waals surface area contributed by atoms with Crippen molar-refractivity contribution < 1.29 is 19.1 Å². The molecule has 0 saturated carbocycles. The Hall–Kier alpha value is -3.23. The van der Waals surface area contributed by atoms with E-state index in [4.69, 9.17) is 21.7 Å². The lowest BCUT2D eigenvalue weighted by Gasteiger charge is -2.35. The summed E-state index contributed by atoms with van der Waals surface area (Å²) in [4.78, 5) is 26.9. The van der Waals surface area contributed by atoms with Crippen LogP contribution in [0.5, 0.6) is 0 Å². The number of esters is 1. The van der Waals surface area contributed by atoms with Gasteiger partial charge in [0, 0.05) is 31.1 Å². The summed E-state index contributed by atoms with van der Waals surface area (Å²) in [5.41, 5.74) is 3.25. The molecule has 0 spiro atoms. The number of rotatable bonds is 7. The van der Waals surface area contributed by atoms with Gasteiger partial charge in [-0.1, -0.05) is 30.3 Å². The number of methoxy groups -OCH3 is 1. The lowest BCUT2D eigenvalue weighted by Crippen LogP contribution is -2.46. The molecular weight excluding hydrogens is 414 g/mol. The van der Waals surface area contributed by atoms with Gasteiger partial charge in [0.1, 0.15) is 6.61 Å². The van der Waals surface area contributed by atoms with Gasteiger partial charge in [0.25, 0.3) is 5.91 Å². The molecule has 1 heterocycles. The molecule has 1 atom stereocenters. The monoisotopic (exact) mass is 439 g/mol. The molecule has 7 nitrogen and oxygen atoms in total. The molecule has 0 aromatic heterocycles. The number of carbonyl (C=O) groups is 2. The number of hydrogen-bond donors (Lipinski definition) is 2. The van der Waals surface area contributed by atoms with E-state index in [0.717, 1.165) is 11.3 Å². The van der Waals surface area contributed by atoms with Crippen LogP contribution in [0, 0.1) is 0 Å². The molecule has 1 amide bonds. The van der Waals surface area contributed by atoms with Gasteiger partial charge in [-0.25, -0.2) is 4.79 Å². The Labute approximate surface area is 187 Å². The average Bonchev–Trinajstić information content (AvgIpc) is 2.78. The van der Waals surface area contributed by atoms with Crippen molar-refractivity contribution in [1.29, 1.82) is 0 Å². The average molecular weight is 440 g/mol. The lowest BCUT2D eigenvalue weighted by atomic mass is 9.95. The summed E-state index contributed by atoms with van der Waals surface area (Å²) < 4.78 is 10.3.